The molecule has 1 aromatic carbocycles. The summed E-state index contributed by atoms with van der Waals surface area (Å²) < 4.78 is 12.4. The zero-order valence-electron chi connectivity index (χ0n) is 11.8. The zero-order valence-corrected chi connectivity index (χ0v) is 12.6. The maximum Gasteiger partial charge on any atom is 0.207 e. The standard InChI is InChI=1S/C14H18ClN3O2/c1-10-9-18(6-7-19-2)14(16-10)17-12-8-11(15)4-5-13(12)20-3/h4-5,8-9H,6-7H2,1-3H3,(H,16,17). The fourth-order valence-electron chi connectivity index (χ4n) is 1.90. The predicted octanol–water partition coefficient (Wildman–Crippen LogP) is 3.24. The molecule has 0 amide bonds. The van der Waals surface area contributed by atoms with E-state index in [0.717, 1.165) is 23.9 Å². The summed E-state index contributed by atoms with van der Waals surface area (Å²) in [4.78, 5) is 4.46. The number of aromatic nitrogens is 2. The lowest BCUT2D eigenvalue weighted by atomic mass is 10.3. The van der Waals surface area contributed by atoms with Crippen LogP contribution in [0.1, 0.15) is 5.69 Å². The van der Waals surface area contributed by atoms with E-state index in [1.807, 2.05) is 29.8 Å². The quantitative estimate of drug-likeness (QED) is 0.889. The van der Waals surface area contributed by atoms with Gasteiger partial charge in [0.25, 0.3) is 0 Å². The number of benzene rings is 1. The lowest BCUT2D eigenvalue weighted by molar-refractivity contribution is 0.188. The molecule has 0 bridgehead atoms. The molecule has 0 saturated heterocycles. The Morgan fingerprint density at radius 1 is 1.35 bits per heavy atom. The van der Waals surface area contributed by atoms with Crippen molar-refractivity contribution in [2.45, 2.75) is 13.5 Å². The molecule has 1 aromatic heterocycles. The van der Waals surface area contributed by atoms with E-state index in [1.165, 1.54) is 0 Å². The summed E-state index contributed by atoms with van der Waals surface area (Å²) in [6, 6.07) is 5.42. The van der Waals surface area contributed by atoms with Crippen LogP contribution in [0.25, 0.3) is 0 Å². The van der Waals surface area contributed by atoms with Crippen LogP contribution >= 0.6 is 11.6 Å². The molecule has 0 saturated carbocycles. The van der Waals surface area contributed by atoms with Gasteiger partial charge in [-0.3, -0.25) is 0 Å². The summed E-state index contributed by atoms with van der Waals surface area (Å²) in [5, 5.41) is 3.89. The van der Waals surface area contributed by atoms with Gasteiger partial charge in [0.15, 0.2) is 0 Å². The first-order chi connectivity index (χ1) is 9.63. The molecule has 0 spiro atoms. The fraction of sp³-hybridized carbons (Fsp3) is 0.357. The van der Waals surface area contributed by atoms with Crippen molar-refractivity contribution in [3.8, 4) is 5.75 Å². The second kappa shape index (κ2) is 6.63. The molecule has 2 aromatic rings. The maximum atomic E-state index is 6.03. The van der Waals surface area contributed by atoms with E-state index in [-0.39, 0.29) is 0 Å². The molecule has 0 atom stereocenters. The van der Waals surface area contributed by atoms with E-state index in [1.54, 1.807) is 20.3 Å². The number of hydrogen-bond acceptors (Lipinski definition) is 4. The van der Waals surface area contributed by atoms with Gasteiger partial charge < -0.3 is 19.4 Å². The molecule has 0 fully saturated rings. The van der Waals surface area contributed by atoms with Gasteiger partial charge in [-0.2, -0.15) is 0 Å². The van der Waals surface area contributed by atoms with Crippen LogP contribution in [0.5, 0.6) is 5.75 Å². The molecule has 0 aliphatic rings. The molecule has 0 radical (unpaired) electrons. The maximum absolute atomic E-state index is 6.03. The minimum atomic E-state index is 0.622. The molecule has 6 heteroatoms. The predicted molar refractivity (Wildman–Crippen MR) is 80.1 cm³/mol. The number of anilines is 2. The molecule has 1 heterocycles. The lowest BCUT2D eigenvalue weighted by Crippen LogP contribution is -2.07. The molecule has 0 unspecified atom stereocenters. The van der Waals surface area contributed by atoms with Gasteiger partial charge in [-0.25, -0.2) is 4.98 Å². The van der Waals surface area contributed by atoms with Crippen LogP contribution in [0, 0.1) is 6.92 Å². The lowest BCUT2D eigenvalue weighted by Gasteiger charge is -2.12. The average Bonchev–Trinajstić information content (AvgIpc) is 2.77. The summed E-state index contributed by atoms with van der Waals surface area (Å²) in [7, 11) is 3.30. The second-order valence-electron chi connectivity index (χ2n) is 4.36. The number of hydrogen-bond donors (Lipinski definition) is 1. The largest absolute Gasteiger partial charge is 0.495 e. The molecule has 0 aliphatic carbocycles. The highest BCUT2D eigenvalue weighted by atomic mass is 35.5. The minimum absolute atomic E-state index is 0.622. The van der Waals surface area contributed by atoms with Crippen molar-refractivity contribution in [2.24, 2.45) is 0 Å². The third kappa shape index (κ3) is 3.43. The number of aryl methyl sites for hydroxylation is 1. The number of halogens is 1. The van der Waals surface area contributed by atoms with Gasteiger partial charge in [0.2, 0.25) is 5.95 Å². The first-order valence-corrected chi connectivity index (χ1v) is 6.65. The van der Waals surface area contributed by atoms with E-state index in [0.29, 0.717) is 17.4 Å². The topological polar surface area (TPSA) is 48.3 Å². The van der Waals surface area contributed by atoms with Crippen molar-refractivity contribution < 1.29 is 9.47 Å². The Labute approximate surface area is 123 Å². The summed E-state index contributed by atoms with van der Waals surface area (Å²) in [6.45, 7) is 3.30. The van der Waals surface area contributed by atoms with Crippen LogP contribution < -0.4 is 10.1 Å². The highest BCUT2D eigenvalue weighted by Crippen LogP contribution is 2.30. The van der Waals surface area contributed by atoms with Gasteiger partial charge in [0, 0.05) is 24.9 Å². The second-order valence-corrected chi connectivity index (χ2v) is 4.80. The monoisotopic (exact) mass is 295 g/mol. The van der Waals surface area contributed by atoms with Gasteiger partial charge in [-0.05, 0) is 25.1 Å². The Morgan fingerprint density at radius 3 is 2.85 bits per heavy atom. The Balaban J connectivity index is 2.27. The van der Waals surface area contributed by atoms with Crippen LogP contribution in [0.3, 0.4) is 0 Å². The van der Waals surface area contributed by atoms with Gasteiger partial charge >= 0.3 is 0 Å². The van der Waals surface area contributed by atoms with Gasteiger partial charge in [-0.15, -0.1) is 0 Å². The van der Waals surface area contributed by atoms with Crippen molar-refractivity contribution >= 4 is 23.2 Å². The SMILES string of the molecule is COCCn1cc(C)nc1Nc1cc(Cl)ccc1OC. The normalized spacial score (nSPS) is 10.6. The number of rotatable bonds is 6. The van der Waals surface area contributed by atoms with Crippen molar-refractivity contribution in [2.75, 3.05) is 26.1 Å². The van der Waals surface area contributed by atoms with E-state index in [9.17, 15) is 0 Å². The summed E-state index contributed by atoms with van der Waals surface area (Å²) in [5.41, 5.74) is 1.72. The zero-order chi connectivity index (χ0) is 14.5. The molecule has 108 valence electrons. The third-order valence-corrected chi connectivity index (χ3v) is 3.08. The average molecular weight is 296 g/mol. The van der Waals surface area contributed by atoms with Crippen LogP contribution in [-0.2, 0) is 11.3 Å². The van der Waals surface area contributed by atoms with Crippen molar-refractivity contribution in [1.29, 1.82) is 0 Å². The third-order valence-electron chi connectivity index (χ3n) is 2.84. The molecular formula is C14H18ClN3O2. The van der Waals surface area contributed by atoms with Gasteiger partial charge in [0.1, 0.15) is 5.75 Å². The number of ether oxygens (including phenoxy) is 2. The van der Waals surface area contributed by atoms with Gasteiger partial charge in [-0.1, -0.05) is 11.6 Å². The highest BCUT2D eigenvalue weighted by molar-refractivity contribution is 6.30. The van der Waals surface area contributed by atoms with Crippen LogP contribution in [0.4, 0.5) is 11.6 Å². The molecule has 20 heavy (non-hydrogen) atoms. The minimum Gasteiger partial charge on any atom is -0.495 e. The fourth-order valence-corrected chi connectivity index (χ4v) is 2.08. The highest BCUT2D eigenvalue weighted by Gasteiger charge is 2.09. The molecule has 1 N–H and O–H groups in total. The van der Waals surface area contributed by atoms with Gasteiger partial charge in [0.05, 0.1) is 25.1 Å². The number of nitrogens with zero attached hydrogens (tertiary/aromatic N) is 2. The molecule has 5 nitrogen and oxygen atoms in total. The Hall–Kier alpha value is -1.72. The first-order valence-electron chi connectivity index (χ1n) is 6.27. The van der Waals surface area contributed by atoms with Crippen LogP contribution in [-0.4, -0.2) is 30.4 Å². The summed E-state index contributed by atoms with van der Waals surface area (Å²) in [6.07, 6.45) is 1.97. The molecular weight excluding hydrogens is 278 g/mol. The smallest absolute Gasteiger partial charge is 0.207 e. The molecule has 2 rings (SSSR count). The van der Waals surface area contributed by atoms with Crippen LogP contribution in [0.15, 0.2) is 24.4 Å². The first kappa shape index (κ1) is 14.7. The number of nitrogens with one attached hydrogen (secondary N) is 1. The number of methoxy groups -OCH3 is 2. The van der Waals surface area contributed by atoms with E-state index >= 15 is 0 Å². The Morgan fingerprint density at radius 2 is 2.15 bits per heavy atom. The van der Waals surface area contributed by atoms with E-state index in [4.69, 9.17) is 21.1 Å². The summed E-state index contributed by atoms with van der Waals surface area (Å²) in [5.74, 6) is 1.45. The van der Waals surface area contributed by atoms with Crippen molar-refractivity contribution in [3.63, 3.8) is 0 Å². The van der Waals surface area contributed by atoms with Crippen molar-refractivity contribution in [1.82, 2.24) is 9.55 Å². The van der Waals surface area contributed by atoms with Crippen molar-refractivity contribution in [3.05, 3.63) is 35.1 Å². The molecule has 0 aliphatic heterocycles. The van der Waals surface area contributed by atoms with E-state index in [2.05, 4.69) is 10.3 Å². The number of imidazole rings is 1. The summed E-state index contributed by atoms with van der Waals surface area (Å²) >= 11 is 6.03. The van der Waals surface area contributed by atoms with E-state index < -0.39 is 0 Å². The van der Waals surface area contributed by atoms with Crippen LogP contribution in [0.2, 0.25) is 5.02 Å². The Kier molecular flexibility index (Phi) is 4.87. The Bertz CT molecular complexity index is 584.